The molecule has 0 atom stereocenters. The molecule has 2 rings (SSSR count). The van der Waals surface area contributed by atoms with Gasteiger partial charge in [0.1, 0.15) is 5.75 Å². The summed E-state index contributed by atoms with van der Waals surface area (Å²) < 4.78 is 5.38. The molecule has 0 unspecified atom stereocenters. The number of methoxy groups -OCH3 is 1. The van der Waals surface area contributed by atoms with Gasteiger partial charge in [-0.25, -0.2) is 0 Å². The molecule has 0 saturated heterocycles. The third kappa shape index (κ3) is 2.48. The first-order valence-electron chi connectivity index (χ1n) is 5.68. The van der Waals surface area contributed by atoms with Crippen molar-refractivity contribution in [2.75, 3.05) is 7.11 Å². The Labute approximate surface area is 102 Å². The molecule has 0 aliphatic heterocycles. The van der Waals surface area contributed by atoms with E-state index in [0.717, 1.165) is 22.4 Å². The highest BCUT2D eigenvalue weighted by Gasteiger charge is 2.06. The molecule has 0 aliphatic carbocycles. The molecule has 0 bridgehead atoms. The van der Waals surface area contributed by atoms with Gasteiger partial charge in [-0.1, -0.05) is 35.9 Å². The summed E-state index contributed by atoms with van der Waals surface area (Å²) in [5.41, 5.74) is 10.3. The number of benzene rings is 2. The molecule has 2 nitrogen and oxygen atoms in total. The summed E-state index contributed by atoms with van der Waals surface area (Å²) in [4.78, 5) is 0. The number of nitrogens with two attached hydrogens (primary N) is 1. The van der Waals surface area contributed by atoms with E-state index < -0.39 is 0 Å². The summed E-state index contributed by atoms with van der Waals surface area (Å²) in [5.74, 6) is 0.890. The van der Waals surface area contributed by atoms with Crippen molar-refractivity contribution in [3.63, 3.8) is 0 Å². The van der Waals surface area contributed by atoms with E-state index in [1.54, 1.807) is 7.11 Å². The molecule has 2 aromatic carbocycles. The summed E-state index contributed by atoms with van der Waals surface area (Å²) in [6.45, 7) is 2.64. The first-order valence-corrected chi connectivity index (χ1v) is 5.68. The molecular formula is C15H17NO. The fourth-order valence-corrected chi connectivity index (χ4v) is 2.02. The zero-order valence-electron chi connectivity index (χ0n) is 10.2. The van der Waals surface area contributed by atoms with E-state index in [1.165, 1.54) is 5.56 Å². The van der Waals surface area contributed by atoms with Crippen LogP contribution in [0.25, 0.3) is 11.1 Å². The summed E-state index contributed by atoms with van der Waals surface area (Å²) in [6.07, 6.45) is 0. The Morgan fingerprint density at radius 2 is 1.88 bits per heavy atom. The molecule has 0 heterocycles. The van der Waals surface area contributed by atoms with Crippen LogP contribution < -0.4 is 10.5 Å². The van der Waals surface area contributed by atoms with Crippen LogP contribution in [0.15, 0.2) is 42.5 Å². The van der Waals surface area contributed by atoms with Crippen molar-refractivity contribution >= 4 is 0 Å². The normalized spacial score (nSPS) is 10.3. The van der Waals surface area contributed by atoms with E-state index in [4.69, 9.17) is 10.5 Å². The Bertz CT molecular complexity index is 520. The van der Waals surface area contributed by atoms with E-state index in [9.17, 15) is 0 Å². The number of hydrogen-bond donors (Lipinski definition) is 1. The second kappa shape index (κ2) is 5.02. The summed E-state index contributed by atoms with van der Waals surface area (Å²) in [5, 5.41) is 0. The maximum atomic E-state index is 5.70. The summed E-state index contributed by atoms with van der Waals surface area (Å²) in [7, 11) is 1.69. The fraction of sp³-hybridized carbons (Fsp3) is 0.200. The van der Waals surface area contributed by atoms with Crippen LogP contribution in [0, 0.1) is 6.92 Å². The van der Waals surface area contributed by atoms with Crippen molar-refractivity contribution < 1.29 is 4.74 Å². The average Bonchev–Trinajstić information content (AvgIpc) is 2.37. The highest BCUT2D eigenvalue weighted by Crippen LogP contribution is 2.30. The van der Waals surface area contributed by atoms with Crippen molar-refractivity contribution in [2.24, 2.45) is 5.73 Å². The van der Waals surface area contributed by atoms with Crippen LogP contribution in [-0.2, 0) is 6.54 Å². The second-order valence-electron chi connectivity index (χ2n) is 4.11. The lowest BCUT2D eigenvalue weighted by molar-refractivity contribution is 0.416. The van der Waals surface area contributed by atoms with Gasteiger partial charge in [0.15, 0.2) is 0 Å². The van der Waals surface area contributed by atoms with Crippen molar-refractivity contribution in [3.8, 4) is 16.9 Å². The standard InChI is InChI=1S/C15H17NO/c1-11-7-12(10-16)9-13(8-11)14-5-3-4-6-15(14)17-2/h3-9H,10,16H2,1-2H3. The second-order valence-corrected chi connectivity index (χ2v) is 4.11. The van der Waals surface area contributed by atoms with Crippen molar-refractivity contribution in [3.05, 3.63) is 53.6 Å². The Hall–Kier alpha value is -1.80. The number of hydrogen-bond acceptors (Lipinski definition) is 2. The highest BCUT2D eigenvalue weighted by atomic mass is 16.5. The van der Waals surface area contributed by atoms with E-state index >= 15 is 0 Å². The summed E-state index contributed by atoms with van der Waals surface area (Å²) in [6, 6.07) is 14.4. The fourth-order valence-electron chi connectivity index (χ4n) is 2.02. The van der Waals surface area contributed by atoms with Gasteiger partial charge in [0.25, 0.3) is 0 Å². The Balaban J connectivity index is 2.55. The predicted octanol–water partition coefficient (Wildman–Crippen LogP) is 3.13. The summed E-state index contributed by atoms with van der Waals surface area (Å²) >= 11 is 0. The zero-order chi connectivity index (χ0) is 12.3. The number of para-hydroxylation sites is 1. The monoisotopic (exact) mass is 227 g/mol. The van der Waals surface area contributed by atoms with Gasteiger partial charge in [-0.2, -0.15) is 0 Å². The maximum Gasteiger partial charge on any atom is 0.126 e. The molecule has 88 valence electrons. The van der Waals surface area contributed by atoms with Gasteiger partial charge in [0.2, 0.25) is 0 Å². The van der Waals surface area contributed by atoms with Crippen LogP contribution in [-0.4, -0.2) is 7.11 Å². The van der Waals surface area contributed by atoms with E-state index in [0.29, 0.717) is 6.54 Å². The molecule has 0 aromatic heterocycles. The molecule has 2 N–H and O–H groups in total. The lowest BCUT2D eigenvalue weighted by atomic mass is 9.99. The molecule has 17 heavy (non-hydrogen) atoms. The minimum atomic E-state index is 0.559. The Kier molecular flexibility index (Phi) is 3.45. The average molecular weight is 227 g/mol. The highest BCUT2D eigenvalue weighted by molar-refractivity contribution is 5.71. The first kappa shape index (κ1) is 11.7. The topological polar surface area (TPSA) is 35.2 Å². The number of aryl methyl sites for hydroxylation is 1. The molecule has 2 heteroatoms. The van der Waals surface area contributed by atoms with Crippen LogP contribution >= 0.6 is 0 Å². The molecule has 0 radical (unpaired) electrons. The smallest absolute Gasteiger partial charge is 0.126 e. The minimum Gasteiger partial charge on any atom is -0.496 e. The Morgan fingerprint density at radius 1 is 1.12 bits per heavy atom. The van der Waals surface area contributed by atoms with Crippen molar-refractivity contribution in [2.45, 2.75) is 13.5 Å². The van der Waals surface area contributed by atoms with Gasteiger partial charge in [0.05, 0.1) is 7.11 Å². The van der Waals surface area contributed by atoms with E-state index in [1.807, 2.05) is 18.2 Å². The lowest BCUT2D eigenvalue weighted by Gasteiger charge is -2.10. The van der Waals surface area contributed by atoms with Gasteiger partial charge >= 0.3 is 0 Å². The molecule has 2 aromatic rings. The SMILES string of the molecule is COc1ccccc1-c1cc(C)cc(CN)c1. The van der Waals surface area contributed by atoms with Crippen molar-refractivity contribution in [1.29, 1.82) is 0 Å². The molecule has 0 aliphatic rings. The molecule has 0 spiro atoms. The third-order valence-electron chi connectivity index (χ3n) is 2.79. The molecule has 0 saturated carbocycles. The van der Waals surface area contributed by atoms with Gasteiger partial charge in [-0.3, -0.25) is 0 Å². The quantitative estimate of drug-likeness (QED) is 0.874. The minimum absolute atomic E-state index is 0.559. The number of rotatable bonds is 3. The predicted molar refractivity (Wildman–Crippen MR) is 71.1 cm³/mol. The van der Waals surface area contributed by atoms with Gasteiger partial charge < -0.3 is 10.5 Å². The van der Waals surface area contributed by atoms with E-state index in [-0.39, 0.29) is 0 Å². The van der Waals surface area contributed by atoms with Gasteiger partial charge in [-0.05, 0) is 30.2 Å². The van der Waals surface area contributed by atoms with Gasteiger partial charge in [0, 0.05) is 12.1 Å². The van der Waals surface area contributed by atoms with Gasteiger partial charge in [-0.15, -0.1) is 0 Å². The van der Waals surface area contributed by atoms with E-state index in [2.05, 4.69) is 31.2 Å². The van der Waals surface area contributed by atoms with Crippen molar-refractivity contribution in [1.82, 2.24) is 0 Å². The van der Waals surface area contributed by atoms with Crippen LogP contribution in [0.5, 0.6) is 5.75 Å². The van der Waals surface area contributed by atoms with Crippen LogP contribution in [0.3, 0.4) is 0 Å². The zero-order valence-corrected chi connectivity index (χ0v) is 10.2. The number of ether oxygens (including phenoxy) is 1. The molecule has 0 amide bonds. The maximum absolute atomic E-state index is 5.70. The van der Waals surface area contributed by atoms with Crippen LogP contribution in [0.1, 0.15) is 11.1 Å². The van der Waals surface area contributed by atoms with Crippen LogP contribution in [0.2, 0.25) is 0 Å². The Morgan fingerprint density at radius 3 is 2.59 bits per heavy atom. The molecule has 0 fully saturated rings. The van der Waals surface area contributed by atoms with Crippen LogP contribution in [0.4, 0.5) is 0 Å². The lowest BCUT2D eigenvalue weighted by Crippen LogP contribution is -1.97. The third-order valence-corrected chi connectivity index (χ3v) is 2.79. The molecular weight excluding hydrogens is 210 g/mol. The largest absolute Gasteiger partial charge is 0.496 e. The first-order chi connectivity index (χ1) is 8.24.